The van der Waals surface area contributed by atoms with Gasteiger partial charge in [0.2, 0.25) is 0 Å². The zero-order valence-electron chi connectivity index (χ0n) is 17.2. The van der Waals surface area contributed by atoms with E-state index in [2.05, 4.69) is 40.9 Å². The predicted molar refractivity (Wildman–Crippen MR) is 110 cm³/mol. The Kier molecular flexibility index (Phi) is 6.31. The molecule has 1 amide bonds. The number of hydrogen-bond donors (Lipinski definition) is 3. The Morgan fingerprint density at radius 3 is 2.79 bits per heavy atom. The van der Waals surface area contributed by atoms with Crippen LogP contribution in [0.15, 0.2) is 29.3 Å². The first-order valence-corrected chi connectivity index (χ1v) is 10.1. The van der Waals surface area contributed by atoms with Crippen molar-refractivity contribution in [2.75, 3.05) is 20.2 Å². The number of benzene rings is 1. The Balaban J connectivity index is 1.62. The monoisotopic (exact) mass is 388 g/mol. The number of ether oxygens (including phenoxy) is 2. The molecule has 2 atom stereocenters. The summed E-state index contributed by atoms with van der Waals surface area (Å²) >= 11 is 0. The number of guanidine groups is 1. The molecule has 3 rings (SSSR count). The van der Waals surface area contributed by atoms with E-state index in [-0.39, 0.29) is 23.8 Å². The van der Waals surface area contributed by atoms with E-state index in [0.717, 1.165) is 30.6 Å². The van der Waals surface area contributed by atoms with Crippen molar-refractivity contribution in [1.29, 1.82) is 0 Å². The lowest BCUT2D eigenvalue weighted by molar-refractivity contribution is 0.0694. The highest BCUT2D eigenvalue weighted by Gasteiger charge is 2.35. The average molecular weight is 389 g/mol. The molecule has 3 N–H and O–H groups in total. The van der Waals surface area contributed by atoms with Gasteiger partial charge in [-0.25, -0.2) is 4.79 Å². The van der Waals surface area contributed by atoms with Crippen LogP contribution in [0.5, 0.6) is 5.75 Å². The van der Waals surface area contributed by atoms with Crippen molar-refractivity contribution in [3.8, 4) is 5.75 Å². The van der Waals surface area contributed by atoms with E-state index in [9.17, 15) is 4.79 Å². The van der Waals surface area contributed by atoms with Gasteiger partial charge in [-0.05, 0) is 45.6 Å². The number of alkyl carbamates (subject to hydrolysis) is 1. The van der Waals surface area contributed by atoms with Crippen molar-refractivity contribution < 1.29 is 14.3 Å². The van der Waals surface area contributed by atoms with Crippen LogP contribution in [0.2, 0.25) is 0 Å². The molecule has 0 bridgehead atoms. The number of carbonyl (C=O) groups is 1. The van der Waals surface area contributed by atoms with Gasteiger partial charge in [-0.15, -0.1) is 0 Å². The highest BCUT2D eigenvalue weighted by atomic mass is 16.5. The van der Waals surface area contributed by atoms with Gasteiger partial charge < -0.3 is 25.4 Å². The lowest BCUT2D eigenvalue weighted by Crippen LogP contribution is -2.50. The molecule has 0 saturated heterocycles. The molecule has 1 aromatic rings. The third kappa shape index (κ3) is 5.30. The summed E-state index contributed by atoms with van der Waals surface area (Å²) in [5, 5.41) is 9.86. The van der Waals surface area contributed by atoms with E-state index in [1.54, 1.807) is 7.05 Å². The Hall–Kier alpha value is -2.44. The first-order valence-electron chi connectivity index (χ1n) is 10.1. The van der Waals surface area contributed by atoms with Crippen molar-refractivity contribution in [1.82, 2.24) is 16.0 Å². The molecule has 1 aliphatic heterocycles. The zero-order valence-corrected chi connectivity index (χ0v) is 17.2. The Morgan fingerprint density at radius 1 is 1.36 bits per heavy atom. The third-order valence-electron chi connectivity index (χ3n) is 5.17. The van der Waals surface area contributed by atoms with E-state index in [1.165, 1.54) is 0 Å². The topological polar surface area (TPSA) is 84.0 Å². The number of rotatable bonds is 6. The second-order valence-corrected chi connectivity index (χ2v) is 8.06. The zero-order chi connectivity index (χ0) is 20.1. The quantitative estimate of drug-likeness (QED) is 0.515. The van der Waals surface area contributed by atoms with Crippen LogP contribution in [0.4, 0.5) is 4.79 Å². The SMILES string of the molecule is CCOC(=O)NC(CNC(=NC)NC1CC(C)(C)Oc2ccccc21)C1CC1. The third-order valence-corrected chi connectivity index (χ3v) is 5.17. The van der Waals surface area contributed by atoms with Gasteiger partial charge in [0.05, 0.1) is 18.7 Å². The maximum atomic E-state index is 11.8. The minimum absolute atomic E-state index is 0.0380. The number of para-hydroxylation sites is 1. The van der Waals surface area contributed by atoms with Gasteiger partial charge in [-0.1, -0.05) is 18.2 Å². The van der Waals surface area contributed by atoms with Crippen LogP contribution in [-0.2, 0) is 4.74 Å². The molecule has 0 spiro atoms. The second-order valence-electron chi connectivity index (χ2n) is 8.06. The minimum atomic E-state index is -0.357. The standard InChI is InChI=1S/C21H32N4O3/c1-5-27-20(26)25-17(14-10-11-14)13-23-19(22-4)24-16-12-21(2,3)28-18-9-7-6-8-15(16)18/h6-9,14,16-17H,5,10-13H2,1-4H3,(H,25,26)(H2,22,23,24). The Bertz CT molecular complexity index is 715. The molecule has 154 valence electrons. The number of hydrogen-bond acceptors (Lipinski definition) is 4. The second kappa shape index (κ2) is 8.71. The molecule has 1 heterocycles. The van der Waals surface area contributed by atoms with Gasteiger partial charge in [0.1, 0.15) is 11.4 Å². The van der Waals surface area contributed by atoms with Crippen molar-refractivity contribution in [2.24, 2.45) is 10.9 Å². The van der Waals surface area contributed by atoms with Crippen LogP contribution in [-0.4, -0.2) is 43.9 Å². The van der Waals surface area contributed by atoms with Crippen LogP contribution < -0.4 is 20.7 Å². The maximum absolute atomic E-state index is 11.8. The van der Waals surface area contributed by atoms with Gasteiger partial charge in [0.25, 0.3) is 0 Å². The molecule has 28 heavy (non-hydrogen) atoms. The molecule has 2 aliphatic rings. The summed E-state index contributed by atoms with van der Waals surface area (Å²) in [6.07, 6.45) is 2.74. The number of amides is 1. The Morgan fingerprint density at radius 2 is 2.11 bits per heavy atom. The maximum Gasteiger partial charge on any atom is 0.407 e. The number of fused-ring (bicyclic) bond motifs is 1. The van der Waals surface area contributed by atoms with Crippen molar-refractivity contribution in [2.45, 2.75) is 57.7 Å². The van der Waals surface area contributed by atoms with Gasteiger partial charge in [-0.2, -0.15) is 0 Å². The fourth-order valence-corrected chi connectivity index (χ4v) is 3.66. The smallest absolute Gasteiger partial charge is 0.407 e. The summed E-state index contributed by atoms with van der Waals surface area (Å²) in [5.41, 5.74) is 0.876. The molecule has 1 fully saturated rings. The number of carbonyl (C=O) groups excluding carboxylic acids is 1. The van der Waals surface area contributed by atoms with Crippen LogP contribution in [0, 0.1) is 5.92 Å². The molecule has 1 aliphatic carbocycles. The highest BCUT2D eigenvalue weighted by molar-refractivity contribution is 5.80. The first-order chi connectivity index (χ1) is 13.4. The van der Waals surface area contributed by atoms with E-state index >= 15 is 0 Å². The fraction of sp³-hybridized carbons (Fsp3) is 0.619. The fourth-order valence-electron chi connectivity index (χ4n) is 3.66. The molecular weight excluding hydrogens is 356 g/mol. The molecule has 7 nitrogen and oxygen atoms in total. The average Bonchev–Trinajstić information content (AvgIpc) is 3.48. The summed E-state index contributed by atoms with van der Waals surface area (Å²) in [6.45, 7) is 6.99. The normalized spacial score (nSPS) is 21.7. The van der Waals surface area contributed by atoms with Crippen molar-refractivity contribution in [3.05, 3.63) is 29.8 Å². The number of aliphatic imine (C=N–C) groups is 1. The van der Waals surface area contributed by atoms with E-state index < -0.39 is 0 Å². The van der Waals surface area contributed by atoms with Gasteiger partial charge in [0, 0.05) is 25.6 Å². The highest BCUT2D eigenvalue weighted by Crippen LogP contribution is 2.39. The first kappa shape index (κ1) is 20.3. The summed E-state index contributed by atoms with van der Waals surface area (Å²) in [4.78, 5) is 16.2. The minimum Gasteiger partial charge on any atom is -0.487 e. The lowest BCUT2D eigenvalue weighted by atomic mass is 9.90. The summed E-state index contributed by atoms with van der Waals surface area (Å²) in [5.74, 6) is 2.12. The van der Waals surface area contributed by atoms with Crippen LogP contribution in [0.3, 0.4) is 0 Å². The predicted octanol–water partition coefficient (Wildman–Crippen LogP) is 2.98. The van der Waals surface area contributed by atoms with Gasteiger partial charge in [0.15, 0.2) is 5.96 Å². The molecular formula is C21H32N4O3. The molecule has 0 radical (unpaired) electrons. The van der Waals surface area contributed by atoms with Crippen LogP contribution in [0.25, 0.3) is 0 Å². The van der Waals surface area contributed by atoms with Crippen LogP contribution in [0.1, 0.15) is 51.6 Å². The van der Waals surface area contributed by atoms with E-state index in [4.69, 9.17) is 9.47 Å². The van der Waals surface area contributed by atoms with Gasteiger partial charge >= 0.3 is 6.09 Å². The molecule has 0 aromatic heterocycles. The molecule has 1 saturated carbocycles. The van der Waals surface area contributed by atoms with E-state index in [0.29, 0.717) is 25.0 Å². The summed E-state index contributed by atoms with van der Waals surface area (Å²) in [6, 6.07) is 8.25. The largest absolute Gasteiger partial charge is 0.487 e. The van der Waals surface area contributed by atoms with Crippen molar-refractivity contribution in [3.63, 3.8) is 0 Å². The van der Waals surface area contributed by atoms with Crippen molar-refractivity contribution >= 4 is 12.1 Å². The van der Waals surface area contributed by atoms with E-state index in [1.807, 2.05) is 25.1 Å². The Labute approximate surface area is 167 Å². The molecule has 2 unspecified atom stereocenters. The van der Waals surface area contributed by atoms with Gasteiger partial charge in [-0.3, -0.25) is 4.99 Å². The summed E-state index contributed by atoms with van der Waals surface area (Å²) in [7, 11) is 1.76. The lowest BCUT2D eigenvalue weighted by Gasteiger charge is -2.38. The number of nitrogens with zero attached hydrogens (tertiary/aromatic N) is 1. The number of nitrogens with one attached hydrogen (secondary N) is 3. The van der Waals surface area contributed by atoms with Crippen LogP contribution >= 0.6 is 0 Å². The molecule has 1 aromatic carbocycles. The summed E-state index contributed by atoms with van der Waals surface area (Å²) < 4.78 is 11.1. The molecule has 7 heteroatoms.